The number of anilines is 1. The smallest absolute Gasteiger partial charge is 0.255 e. The van der Waals surface area contributed by atoms with Gasteiger partial charge in [-0.05, 0) is 62.6 Å². The molecule has 1 fully saturated rings. The van der Waals surface area contributed by atoms with Crippen molar-refractivity contribution in [3.63, 3.8) is 0 Å². The molecular formula is C27H28N4O3. The van der Waals surface area contributed by atoms with Gasteiger partial charge in [0.2, 0.25) is 0 Å². The fourth-order valence-electron chi connectivity index (χ4n) is 4.08. The highest BCUT2D eigenvalue weighted by molar-refractivity contribution is 6.09. The maximum atomic E-state index is 13.1. The Morgan fingerprint density at radius 2 is 1.53 bits per heavy atom. The Labute approximate surface area is 199 Å². The van der Waals surface area contributed by atoms with Crippen molar-refractivity contribution in [2.45, 2.75) is 32.7 Å². The summed E-state index contributed by atoms with van der Waals surface area (Å²) < 4.78 is 0. The van der Waals surface area contributed by atoms with Gasteiger partial charge >= 0.3 is 0 Å². The van der Waals surface area contributed by atoms with Crippen LogP contribution in [0.5, 0.6) is 0 Å². The Bertz CT molecular complexity index is 1180. The van der Waals surface area contributed by atoms with Gasteiger partial charge < -0.3 is 15.5 Å². The van der Waals surface area contributed by atoms with Gasteiger partial charge in [-0.1, -0.05) is 29.8 Å². The standard InChI is InChI=1S/C27H28N4O3/c1-18-6-8-21(9-7-18)27(34)31-16-12-22(13-17-31)29-26(33)23-5-3-4-19(2)24(23)30-25(32)20-10-14-28-15-11-20/h3-11,14-15,22H,12-13,16-17H2,1-2H3,(H,29,33)(H,30,32). The van der Waals surface area contributed by atoms with Gasteiger partial charge in [0.1, 0.15) is 0 Å². The van der Waals surface area contributed by atoms with E-state index in [1.165, 1.54) is 0 Å². The van der Waals surface area contributed by atoms with Gasteiger partial charge in [-0.15, -0.1) is 0 Å². The van der Waals surface area contributed by atoms with Crippen molar-refractivity contribution in [3.05, 3.63) is 94.8 Å². The van der Waals surface area contributed by atoms with Crippen LogP contribution in [0.4, 0.5) is 5.69 Å². The van der Waals surface area contributed by atoms with Crippen molar-refractivity contribution in [1.29, 1.82) is 0 Å². The molecule has 1 aromatic heterocycles. The SMILES string of the molecule is Cc1ccc(C(=O)N2CCC(NC(=O)c3cccc(C)c3NC(=O)c3ccncc3)CC2)cc1. The second-order valence-corrected chi connectivity index (χ2v) is 8.59. The first-order valence-corrected chi connectivity index (χ1v) is 11.4. The highest BCUT2D eigenvalue weighted by atomic mass is 16.2. The van der Waals surface area contributed by atoms with Crippen molar-refractivity contribution in [1.82, 2.24) is 15.2 Å². The lowest BCUT2D eigenvalue weighted by Crippen LogP contribution is -2.46. The van der Waals surface area contributed by atoms with Gasteiger partial charge in [-0.2, -0.15) is 0 Å². The summed E-state index contributed by atoms with van der Waals surface area (Å²) in [7, 11) is 0. The van der Waals surface area contributed by atoms with E-state index in [9.17, 15) is 14.4 Å². The number of carbonyl (C=O) groups is 3. The number of nitrogens with zero attached hydrogens (tertiary/aromatic N) is 2. The maximum absolute atomic E-state index is 13.1. The van der Waals surface area contributed by atoms with Crippen LogP contribution in [-0.4, -0.2) is 46.7 Å². The summed E-state index contributed by atoms with van der Waals surface area (Å²) in [5.41, 5.74) is 3.98. The molecule has 4 rings (SSSR count). The first-order valence-electron chi connectivity index (χ1n) is 11.4. The van der Waals surface area contributed by atoms with Crippen LogP contribution in [0.25, 0.3) is 0 Å². The molecule has 1 aliphatic rings. The molecule has 0 aliphatic carbocycles. The molecule has 3 amide bonds. The van der Waals surface area contributed by atoms with Crippen molar-refractivity contribution in [3.8, 4) is 0 Å². The molecule has 0 bridgehead atoms. The predicted octanol–water partition coefficient (Wildman–Crippen LogP) is 3.99. The zero-order valence-corrected chi connectivity index (χ0v) is 19.4. The number of hydrogen-bond acceptors (Lipinski definition) is 4. The zero-order valence-electron chi connectivity index (χ0n) is 19.4. The fraction of sp³-hybridized carbons (Fsp3) is 0.259. The minimum atomic E-state index is -0.298. The fourth-order valence-corrected chi connectivity index (χ4v) is 4.08. The number of carbonyl (C=O) groups excluding carboxylic acids is 3. The van der Waals surface area contributed by atoms with Gasteiger partial charge in [0.15, 0.2) is 0 Å². The summed E-state index contributed by atoms with van der Waals surface area (Å²) in [6.45, 7) is 5.01. The van der Waals surface area contributed by atoms with Crippen LogP contribution in [0.2, 0.25) is 0 Å². The lowest BCUT2D eigenvalue weighted by Gasteiger charge is -2.32. The van der Waals surface area contributed by atoms with E-state index >= 15 is 0 Å². The Hall–Kier alpha value is -4.00. The molecule has 2 N–H and O–H groups in total. The van der Waals surface area contributed by atoms with Crippen LogP contribution in [0.3, 0.4) is 0 Å². The third-order valence-electron chi connectivity index (χ3n) is 6.11. The summed E-state index contributed by atoms with van der Waals surface area (Å²) in [6.07, 6.45) is 4.45. The molecule has 0 spiro atoms. The molecule has 0 saturated carbocycles. The topological polar surface area (TPSA) is 91.4 Å². The van der Waals surface area contributed by atoms with E-state index in [2.05, 4.69) is 15.6 Å². The summed E-state index contributed by atoms with van der Waals surface area (Å²) in [5.74, 6) is -0.518. The highest BCUT2D eigenvalue weighted by Gasteiger charge is 2.26. The largest absolute Gasteiger partial charge is 0.349 e. The van der Waals surface area contributed by atoms with E-state index in [1.54, 1.807) is 36.7 Å². The van der Waals surface area contributed by atoms with Gasteiger partial charge in [0.05, 0.1) is 11.3 Å². The zero-order chi connectivity index (χ0) is 24.1. The number of benzene rings is 2. The first-order chi connectivity index (χ1) is 16.4. The molecule has 2 heterocycles. The molecule has 7 nitrogen and oxygen atoms in total. The molecule has 174 valence electrons. The number of piperidine rings is 1. The van der Waals surface area contributed by atoms with E-state index in [1.807, 2.05) is 49.1 Å². The molecule has 1 saturated heterocycles. The van der Waals surface area contributed by atoms with Gasteiger partial charge in [0.25, 0.3) is 17.7 Å². The Kier molecular flexibility index (Phi) is 7.01. The van der Waals surface area contributed by atoms with E-state index in [0.29, 0.717) is 48.3 Å². The number of nitrogens with one attached hydrogen (secondary N) is 2. The molecule has 2 aromatic carbocycles. The monoisotopic (exact) mass is 456 g/mol. The number of amides is 3. The summed E-state index contributed by atoms with van der Waals surface area (Å²) >= 11 is 0. The average Bonchev–Trinajstić information content (AvgIpc) is 2.86. The molecule has 0 radical (unpaired) electrons. The average molecular weight is 457 g/mol. The Morgan fingerprint density at radius 3 is 2.21 bits per heavy atom. The number of hydrogen-bond donors (Lipinski definition) is 2. The number of para-hydroxylation sites is 1. The summed E-state index contributed by atoms with van der Waals surface area (Å²) in [6, 6.07) is 16.1. The number of aryl methyl sites for hydroxylation is 2. The Balaban J connectivity index is 1.39. The summed E-state index contributed by atoms with van der Waals surface area (Å²) in [5, 5.41) is 5.96. The molecule has 3 aromatic rings. The van der Waals surface area contributed by atoms with Crippen LogP contribution in [-0.2, 0) is 0 Å². The number of rotatable bonds is 5. The number of pyridine rings is 1. The molecular weight excluding hydrogens is 428 g/mol. The molecule has 34 heavy (non-hydrogen) atoms. The van der Waals surface area contributed by atoms with Crippen LogP contribution in [0.1, 0.15) is 55.0 Å². The van der Waals surface area contributed by atoms with Crippen LogP contribution >= 0.6 is 0 Å². The van der Waals surface area contributed by atoms with E-state index < -0.39 is 0 Å². The summed E-state index contributed by atoms with van der Waals surface area (Å²) in [4.78, 5) is 44.3. The minimum absolute atomic E-state index is 0.0181. The van der Waals surface area contributed by atoms with E-state index in [0.717, 1.165) is 11.1 Å². The number of aromatic nitrogens is 1. The lowest BCUT2D eigenvalue weighted by atomic mass is 10.0. The number of likely N-dealkylation sites (tertiary alicyclic amines) is 1. The second kappa shape index (κ2) is 10.3. The van der Waals surface area contributed by atoms with Gasteiger partial charge in [-0.3, -0.25) is 19.4 Å². The lowest BCUT2D eigenvalue weighted by molar-refractivity contribution is 0.0698. The molecule has 0 unspecified atom stereocenters. The van der Waals surface area contributed by atoms with Gasteiger partial charge in [0, 0.05) is 42.7 Å². The quantitative estimate of drug-likeness (QED) is 0.607. The maximum Gasteiger partial charge on any atom is 0.255 e. The Morgan fingerprint density at radius 1 is 0.853 bits per heavy atom. The normalized spacial score (nSPS) is 13.9. The third-order valence-corrected chi connectivity index (χ3v) is 6.11. The first kappa shape index (κ1) is 23.2. The van der Waals surface area contributed by atoms with E-state index in [4.69, 9.17) is 0 Å². The third kappa shape index (κ3) is 5.31. The van der Waals surface area contributed by atoms with Crippen molar-refractivity contribution in [2.75, 3.05) is 18.4 Å². The van der Waals surface area contributed by atoms with Crippen molar-refractivity contribution < 1.29 is 14.4 Å². The second-order valence-electron chi connectivity index (χ2n) is 8.59. The van der Waals surface area contributed by atoms with Crippen LogP contribution in [0, 0.1) is 13.8 Å². The van der Waals surface area contributed by atoms with Crippen LogP contribution in [0.15, 0.2) is 67.0 Å². The van der Waals surface area contributed by atoms with Gasteiger partial charge in [-0.25, -0.2) is 0 Å². The predicted molar refractivity (Wildman–Crippen MR) is 131 cm³/mol. The minimum Gasteiger partial charge on any atom is -0.349 e. The van der Waals surface area contributed by atoms with Crippen molar-refractivity contribution >= 4 is 23.4 Å². The molecule has 1 aliphatic heterocycles. The molecule has 0 atom stereocenters. The van der Waals surface area contributed by atoms with Crippen molar-refractivity contribution in [2.24, 2.45) is 0 Å². The highest BCUT2D eigenvalue weighted by Crippen LogP contribution is 2.23. The van der Waals surface area contributed by atoms with E-state index in [-0.39, 0.29) is 23.8 Å². The molecule has 7 heteroatoms. The van der Waals surface area contributed by atoms with Crippen LogP contribution < -0.4 is 10.6 Å².